The molecule has 1 saturated heterocycles. The molecule has 2 amide bonds. The van der Waals surface area contributed by atoms with Gasteiger partial charge in [-0.2, -0.15) is 0 Å². The number of hydrogen-bond donors (Lipinski definition) is 1. The first kappa shape index (κ1) is 25.2. The van der Waals surface area contributed by atoms with Crippen LogP contribution >= 0.6 is 23.5 Å². The molecule has 6 nitrogen and oxygen atoms in total. The molecular weight excluding hydrogens is 504 g/mol. The van der Waals surface area contributed by atoms with Crippen LogP contribution < -0.4 is 5.32 Å². The number of ether oxygens (including phenoxy) is 1. The summed E-state index contributed by atoms with van der Waals surface area (Å²) >= 11 is 2.98. The van der Waals surface area contributed by atoms with Crippen molar-refractivity contribution in [1.29, 1.82) is 0 Å². The molecule has 188 valence electrons. The first-order valence-corrected chi connectivity index (χ1v) is 14.2. The van der Waals surface area contributed by atoms with Crippen LogP contribution in [0.2, 0.25) is 0 Å². The minimum atomic E-state index is -0.675. The van der Waals surface area contributed by atoms with Gasteiger partial charge in [-0.1, -0.05) is 91.0 Å². The van der Waals surface area contributed by atoms with E-state index < -0.39 is 18.1 Å². The lowest BCUT2D eigenvalue weighted by Crippen LogP contribution is -2.70. The summed E-state index contributed by atoms with van der Waals surface area (Å²) in [6, 6.07) is 27.8. The highest BCUT2D eigenvalue weighted by Gasteiger charge is 2.54. The molecule has 2 aliphatic heterocycles. The maximum atomic E-state index is 13.6. The highest BCUT2D eigenvalue weighted by molar-refractivity contribution is 8.05. The Hall–Kier alpha value is -3.49. The monoisotopic (exact) mass is 530 g/mol. The highest BCUT2D eigenvalue weighted by atomic mass is 32.2. The lowest BCUT2D eigenvalue weighted by molar-refractivity contribution is -0.154. The van der Waals surface area contributed by atoms with Crippen molar-refractivity contribution >= 4 is 41.3 Å². The summed E-state index contributed by atoms with van der Waals surface area (Å²) in [5.41, 5.74) is 2.83. The van der Waals surface area contributed by atoms with E-state index in [1.54, 1.807) is 11.8 Å². The molecule has 2 atom stereocenters. The molecule has 3 aromatic rings. The fraction of sp³-hybridized carbons (Fsp3) is 0.207. The summed E-state index contributed by atoms with van der Waals surface area (Å²) in [5.74, 6) is -0.503. The molecule has 2 aliphatic rings. The van der Waals surface area contributed by atoms with Gasteiger partial charge < -0.3 is 10.1 Å². The number of rotatable bonds is 8. The number of nitrogens with zero attached hydrogens (tertiary/aromatic N) is 1. The Kier molecular flexibility index (Phi) is 7.67. The summed E-state index contributed by atoms with van der Waals surface area (Å²) in [6.07, 6.45) is 1.47. The second kappa shape index (κ2) is 11.3. The van der Waals surface area contributed by atoms with Gasteiger partial charge in [-0.15, -0.1) is 23.5 Å². The van der Waals surface area contributed by atoms with E-state index in [4.69, 9.17) is 4.74 Å². The van der Waals surface area contributed by atoms with E-state index in [1.165, 1.54) is 16.7 Å². The van der Waals surface area contributed by atoms with Crippen molar-refractivity contribution in [1.82, 2.24) is 10.2 Å². The zero-order chi connectivity index (χ0) is 25.8. The number of nitrogens with one attached hydrogen (secondary N) is 1. The zero-order valence-corrected chi connectivity index (χ0v) is 21.8. The first-order chi connectivity index (χ1) is 18.1. The van der Waals surface area contributed by atoms with Gasteiger partial charge in [-0.3, -0.25) is 14.5 Å². The van der Waals surface area contributed by atoms with Gasteiger partial charge in [0.2, 0.25) is 5.91 Å². The summed E-state index contributed by atoms with van der Waals surface area (Å²) in [7, 11) is 0. The van der Waals surface area contributed by atoms with Crippen molar-refractivity contribution in [2.75, 3.05) is 12.0 Å². The Balaban J connectivity index is 1.35. The number of carbonyl (C=O) groups is 3. The number of esters is 1. The van der Waals surface area contributed by atoms with E-state index in [1.807, 2.05) is 97.3 Å². The molecule has 37 heavy (non-hydrogen) atoms. The van der Waals surface area contributed by atoms with Crippen LogP contribution in [-0.4, -0.2) is 46.1 Å². The Morgan fingerprint density at radius 1 is 0.973 bits per heavy atom. The minimum absolute atomic E-state index is 0.193. The van der Waals surface area contributed by atoms with Crippen LogP contribution in [0, 0.1) is 0 Å². The molecule has 5 rings (SSSR count). The van der Waals surface area contributed by atoms with Crippen molar-refractivity contribution < 1.29 is 19.1 Å². The third kappa shape index (κ3) is 5.31. The fourth-order valence-electron chi connectivity index (χ4n) is 4.49. The second-order valence-corrected chi connectivity index (χ2v) is 10.7. The smallest absolute Gasteiger partial charge is 0.356 e. The third-order valence-corrected chi connectivity index (χ3v) is 8.62. The second-order valence-electron chi connectivity index (χ2n) is 8.70. The topological polar surface area (TPSA) is 75.7 Å². The number of hydrogen-bond acceptors (Lipinski definition) is 6. The number of thioether (sulfide) groups is 2. The summed E-state index contributed by atoms with van der Waals surface area (Å²) < 4.78 is 6.09. The maximum Gasteiger partial charge on any atom is 0.356 e. The number of carbonyl (C=O) groups excluding carboxylic acids is 3. The van der Waals surface area contributed by atoms with E-state index in [2.05, 4.69) is 5.32 Å². The normalized spacial score (nSPS) is 18.8. The van der Waals surface area contributed by atoms with E-state index in [9.17, 15) is 14.4 Å². The first-order valence-electron chi connectivity index (χ1n) is 11.9. The largest absolute Gasteiger partial charge is 0.448 e. The average molecular weight is 531 g/mol. The lowest BCUT2D eigenvalue weighted by atomic mass is 10.0. The van der Waals surface area contributed by atoms with Crippen LogP contribution in [0.3, 0.4) is 0 Å². The molecule has 0 aromatic heterocycles. The van der Waals surface area contributed by atoms with Gasteiger partial charge in [0.25, 0.3) is 5.91 Å². The molecule has 8 heteroatoms. The van der Waals surface area contributed by atoms with Gasteiger partial charge in [0, 0.05) is 10.7 Å². The third-order valence-electron chi connectivity index (χ3n) is 6.33. The van der Waals surface area contributed by atoms with Gasteiger partial charge in [-0.25, -0.2) is 4.79 Å². The predicted molar refractivity (Wildman–Crippen MR) is 147 cm³/mol. The summed E-state index contributed by atoms with van der Waals surface area (Å²) in [6.45, 7) is 0. The molecular formula is C29H26N2O4S2. The number of amides is 2. The Morgan fingerprint density at radius 3 is 2.11 bits per heavy atom. The van der Waals surface area contributed by atoms with Crippen LogP contribution in [0.1, 0.15) is 22.8 Å². The van der Waals surface area contributed by atoms with Gasteiger partial charge in [0.05, 0.1) is 6.42 Å². The highest BCUT2D eigenvalue weighted by Crippen LogP contribution is 2.44. The van der Waals surface area contributed by atoms with Crippen LogP contribution in [0.5, 0.6) is 0 Å². The number of β-lactam (4-membered cyclic amide) rings is 1. The van der Waals surface area contributed by atoms with Crippen LogP contribution in [0.25, 0.3) is 0 Å². The molecule has 1 unspecified atom stereocenters. The van der Waals surface area contributed by atoms with E-state index in [0.29, 0.717) is 5.75 Å². The van der Waals surface area contributed by atoms with E-state index in [0.717, 1.165) is 21.6 Å². The van der Waals surface area contributed by atoms with Crippen molar-refractivity contribution in [3.63, 3.8) is 0 Å². The molecule has 0 aliphatic carbocycles. The SMILES string of the molecule is CSC1=C(C(=O)OC(c2ccccc2)c2ccccc2)N2C(=O)C(NC(=O)Cc3ccccc3)[C@@H]2SC1. The van der Waals surface area contributed by atoms with Gasteiger partial charge in [0.1, 0.15) is 17.1 Å². The van der Waals surface area contributed by atoms with Crippen LogP contribution in [-0.2, 0) is 25.5 Å². The Morgan fingerprint density at radius 2 is 1.54 bits per heavy atom. The van der Waals surface area contributed by atoms with Crippen molar-refractivity contribution in [2.45, 2.75) is 23.9 Å². The summed E-state index contributed by atoms with van der Waals surface area (Å²) in [5, 5.41) is 2.52. The Labute approximate surface area is 224 Å². The predicted octanol–water partition coefficient (Wildman–Crippen LogP) is 4.54. The van der Waals surface area contributed by atoms with Crippen LogP contribution in [0.15, 0.2) is 102 Å². The molecule has 0 saturated carbocycles. The van der Waals surface area contributed by atoms with Gasteiger partial charge >= 0.3 is 5.97 Å². The van der Waals surface area contributed by atoms with Crippen molar-refractivity contribution in [3.05, 3.63) is 118 Å². The van der Waals surface area contributed by atoms with E-state index >= 15 is 0 Å². The molecule has 3 aromatic carbocycles. The van der Waals surface area contributed by atoms with E-state index in [-0.39, 0.29) is 29.3 Å². The van der Waals surface area contributed by atoms with Gasteiger partial charge in [-0.05, 0) is 22.9 Å². The molecule has 1 N–H and O–H groups in total. The van der Waals surface area contributed by atoms with Crippen molar-refractivity contribution in [2.24, 2.45) is 0 Å². The molecule has 0 radical (unpaired) electrons. The standard InChI is InChI=1S/C29H26N2O4S2/c1-36-22-18-37-28-24(30-23(32)17-19-11-5-2-6-12-19)27(33)31(28)25(22)29(34)35-26(20-13-7-3-8-14-20)21-15-9-4-10-16-21/h2-16,24,26,28H,17-18H2,1H3,(H,30,32)/t24?,28-/m0/s1. The number of fused-ring (bicyclic) bond motifs is 1. The summed E-state index contributed by atoms with van der Waals surface area (Å²) in [4.78, 5) is 41.8. The average Bonchev–Trinajstić information content (AvgIpc) is 2.95. The molecule has 2 heterocycles. The Bertz CT molecular complexity index is 1280. The van der Waals surface area contributed by atoms with Gasteiger partial charge in [0.15, 0.2) is 6.10 Å². The minimum Gasteiger partial charge on any atom is -0.448 e. The maximum absolute atomic E-state index is 13.6. The molecule has 1 fully saturated rings. The number of benzene rings is 3. The molecule has 0 spiro atoms. The molecule has 0 bridgehead atoms. The van der Waals surface area contributed by atoms with Crippen molar-refractivity contribution in [3.8, 4) is 0 Å². The fourth-order valence-corrected chi connectivity index (χ4v) is 6.73. The quantitative estimate of drug-likeness (QED) is 0.341. The van der Waals surface area contributed by atoms with Crippen LogP contribution in [0.4, 0.5) is 0 Å². The lowest BCUT2D eigenvalue weighted by Gasteiger charge is -2.49. The zero-order valence-electron chi connectivity index (χ0n) is 20.2.